The van der Waals surface area contributed by atoms with Gasteiger partial charge in [0, 0.05) is 31.3 Å². The summed E-state index contributed by atoms with van der Waals surface area (Å²) in [5.74, 6) is -0.0789. The summed E-state index contributed by atoms with van der Waals surface area (Å²) in [6.45, 7) is 1.55. The van der Waals surface area contributed by atoms with Gasteiger partial charge in [0.15, 0.2) is 5.76 Å². The SMILES string of the molecule is COCC1(NC(=O)c2cc3cc(Cl)c4c(c3o2)C2(CCCCC2)NC(=O)N4)CCOCC1. The summed E-state index contributed by atoms with van der Waals surface area (Å²) in [6, 6.07) is 3.22. The van der Waals surface area contributed by atoms with Crippen molar-refractivity contribution in [1.29, 1.82) is 0 Å². The Kier molecular flexibility index (Phi) is 5.55. The first kappa shape index (κ1) is 21.6. The van der Waals surface area contributed by atoms with Crippen LogP contribution in [0.3, 0.4) is 0 Å². The number of hydrogen-bond donors (Lipinski definition) is 3. The molecule has 172 valence electrons. The molecule has 1 aliphatic carbocycles. The van der Waals surface area contributed by atoms with Crippen LogP contribution in [0, 0.1) is 0 Å². The van der Waals surface area contributed by atoms with Crippen LogP contribution >= 0.6 is 11.6 Å². The molecule has 2 aromatic rings. The Bertz CT molecular complexity index is 1050. The first-order chi connectivity index (χ1) is 15.5. The number of hydrogen-bond acceptors (Lipinski definition) is 5. The Hall–Kier alpha value is -2.29. The van der Waals surface area contributed by atoms with E-state index in [2.05, 4.69) is 16.0 Å². The van der Waals surface area contributed by atoms with Crippen LogP contribution in [0.4, 0.5) is 10.5 Å². The molecule has 0 atom stereocenters. The van der Waals surface area contributed by atoms with Crippen molar-refractivity contribution in [3.8, 4) is 0 Å². The van der Waals surface area contributed by atoms with E-state index in [0.717, 1.165) is 43.1 Å². The Labute approximate surface area is 191 Å². The summed E-state index contributed by atoms with van der Waals surface area (Å²) in [5, 5.41) is 10.3. The van der Waals surface area contributed by atoms with E-state index in [1.165, 1.54) is 0 Å². The molecule has 3 aliphatic rings. The third-order valence-electron chi connectivity index (χ3n) is 7.01. The standard InChI is InChI=1S/C23H28ClN3O5/c1-30-13-22(7-9-31-10-8-22)26-20(28)16-12-14-11-15(24)18-17(19(14)32-16)23(27-21(29)25-18)5-3-2-4-6-23/h11-12H,2-10,13H2,1H3,(H,26,28)(H2,25,27,29). The van der Waals surface area contributed by atoms with E-state index in [1.807, 2.05) is 0 Å². The van der Waals surface area contributed by atoms with Crippen molar-refractivity contribution in [3.63, 3.8) is 0 Å². The third kappa shape index (κ3) is 3.64. The molecule has 2 aliphatic heterocycles. The Balaban J connectivity index is 1.55. The van der Waals surface area contributed by atoms with E-state index >= 15 is 0 Å². The molecule has 2 fully saturated rings. The van der Waals surface area contributed by atoms with Gasteiger partial charge in [-0.05, 0) is 37.8 Å². The van der Waals surface area contributed by atoms with E-state index < -0.39 is 11.1 Å². The van der Waals surface area contributed by atoms with Crippen LogP contribution < -0.4 is 16.0 Å². The number of anilines is 1. The first-order valence-electron chi connectivity index (χ1n) is 11.2. The van der Waals surface area contributed by atoms with Gasteiger partial charge in [-0.2, -0.15) is 0 Å². The number of amides is 3. The highest BCUT2D eigenvalue weighted by atomic mass is 35.5. The maximum atomic E-state index is 13.2. The van der Waals surface area contributed by atoms with Crippen molar-refractivity contribution in [2.75, 3.05) is 32.2 Å². The molecule has 32 heavy (non-hydrogen) atoms. The minimum absolute atomic E-state index is 0.217. The number of carbonyl (C=O) groups is 2. The number of carbonyl (C=O) groups excluding carboxylic acids is 2. The van der Waals surface area contributed by atoms with Gasteiger partial charge in [-0.1, -0.05) is 30.9 Å². The van der Waals surface area contributed by atoms with Crippen LogP contribution in [0.1, 0.15) is 61.1 Å². The van der Waals surface area contributed by atoms with Gasteiger partial charge >= 0.3 is 6.03 Å². The molecule has 3 heterocycles. The summed E-state index contributed by atoms with van der Waals surface area (Å²) < 4.78 is 17.0. The molecule has 1 spiro atoms. The van der Waals surface area contributed by atoms with E-state index in [9.17, 15) is 9.59 Å². The molecule has 3 N–H and O–H groups in total. The van der Waals surface area contributed by atoms with Crippen LogP contribution in [-0.2, 0) is 15.0 Å². The van der Waals surface area contributed by atoms with Gasteiger partial charge in [0.05, 0.1) is 28.4 Å². The summed E-state index contributed by atoms with van der Waals surface area (Å²) in [6.07, 6.45) is 6.10. The van der Waals surface area contributed by atoms with Crippen molar-refractivity contribution in [1.82, 2.24) is 10.6 Å². The van der Waals surface area contributed by atoms with Crippen molar-refractivity contribution in [2.24, 2.45) is 0 Å². The van der Waals surface area contributed by atoms with Gasteiger partial charge in [0.25, 0.3) is 5.91 Å². The lowest BCUT2D eigenvalue weighted by molar-refractivity contribution is 0.00159. The summed E-state index contributed by atoms with van der Waals surface area (Å²) in [4.78, 5) is 25.6. The van der Waals surface area contributed by atoms with Gasteiger partial charge in [-0.3, -0.25) is 4.79 Å². The minimum atomic E-state index is -0.539. The number of nitrogens with one attached hydrogen (secondary N) is 3. The van der Waals surface area contributed by atoms with Crippen LogP contribution in [-0.4, -0.2) is 44.4 Å². The monoisotopic (exact) mass is 461 g/mol. The molecule has 0 unspecified atom stereocenters. The molecular formula is C23H28ClN3O5. The van der Waals surface area contributed by atoms with E-state index in [0.29, 0.717) is 49.0 Å². The fourth-order valence-electron chi connectivity index (χ4n) is 5.44. The average Bonchev–Trinajstić information content (AvgIpc) is 3.19. The van der Waals surface area contributed by atoms with Crippen LogP contribution in [0.2, 0.25) is 5.02 Å². The third-order valence-corrected chi connectivity index (χ3v) is 7.31. The van der Waals surface area contributed by atoms with Gasteiger partial charge in [-0.25, -0.2) is 4.79 Å². The minimum Gasteiger partial charge on any atom is -0.450 e. The van der Waals surface area contributed by atoms with E-state index in [4.69, 9.17) is 25.5 Å². The topological polar surface area (TPSA) is 102 Å². The number of fused-ring (bicyclic) bond motifs is 4. The molecule has 5 rings (SSSR count). The fraction of sp³-hybridized carbons (Fsp3) is 0.565. The maximum absolute atomic E-state index is 13.2. The number of furan rings is 1. The summed E-state index contributed by atoms with van der Waals surface area (Å²) in [7, 11) is 1.63. The second-order valence-corrected chi connectivity index (χ2v) is 9.55. The lowest BCUT2D eigenvalue weighted by atomic mass is 9.74. The number of halogens is 1. The number of benzene rings is 1. The molecular weight excluding hydrogens is 434 g/mol. The molecule has 1 aromatic carbocycles. The van der Waals surface area contributed by atoms with Gasteiger partial charge in [-0.15, -0.1) is 0 Å². The number of ether oxygens (including phenoxy) is 2. The predicted molar refractivity (Wildman–Crippen MR) is 120 cm³/mol. The highest BCUT2D eigenvalue weighted by molar-refractivity contribution is 6.35. The Morgan fingerprint density at radius 1 is 1.19 bits per heavy atom. The second kappa shape index (κ2) is 8.24. The molecule has 8 nitrogen and oxygen atoms in total. The zero-order valence-corrected chi connectivity index (χ0v) is 18.9. The smallest absolute Gasteiger partial charge is 0.319 e. The Morgan fingerprint density at radius 2 is 1.94 bits per heavy atom. The quantitative estimate of drug-likeness (QED) is 0.629. The Morgan fingerprint density at radius 3 is 2.66 bits per heavy atom. The number of urea groups is 1. The molecule has 1 saturated carbocycles. The highest BCUT2D eigenvalue weighted by Gasteiger charge is 2.44. The first-order valence-corrected chi connectivity index (χ1v) is 11.6. The van der Waals surface area contributed by atoms with Gasteiger partial charge < -0.3 is 29.8 Å². The summed E-state index contributed by atoms with van der Waals surface area (Å²) in [5.41, 5.74) is 0.988. The number of rotatable bonds is 4. The molecule has 9 heteroatoms. The molecule has 1 aromatic heterocycles. The van der Waals surface area contributed by atoms with Gasteiger partial charge in [0.1, 0.15) is 5.58 Å². The normalized spacial score (nSPS) is 21.6. The highest BCUT2D eigenvalue weighted by Crippen LogP contribution is 2.49. The zero-order chi connectivity index (χ0) is 22.3. The van der Waals surface area contributed by atoms with E-state index in [-0.39, 0.29) is 17.7 Å². The average molecular weight is 462 g/mol. The predicted octanol–water partition coefficient (Wildman–Crippen LogP) is 4.31. The van der Waals surface area contributed by atoms with Crippen molar-refractivity contribution in [3.05, 3.63) is 28.5 Å². The summed E-state index contributed by atoms with van der Waals surface area (Å²) >= 11 is 6.58. The lowest BCUT2D eigenvalue weighted by Gasteiger charge is -2.42. The van der Waals surface area contributed by atoms with Gasteiger partial charge in [0.2, 0.25) is 0 Å². The maximum Gasteiger partial charge on any atom is 0.319 e. The van der Waals surface area contributed by atoms with Crippen molar-refractivity contribution >= 4 is 40.2 Å². The van der Waals surface area contributed by atoms with Crippen molar-refractivity contribution in [2.45, 2.75) is 56.0 Å². The fourth-order valence-corrected chi connectivity index (χ4v) is 5.70. The second-order valence-electron chi connectivity index (χ2n) is 9.14. The largest absolute Gasteiger partial charge is 0.450 e. The molecule has 0 radical (unpaired) electrons. The molecule has 3 amide bonds. The van der Waals surface area contributed by atoms with Crippen LogP contribution in [0.5, 0.6) is 0 Å². The molecule has 0 bridgehead atoms. The van der Waals surface area contributed by atoms with Crippen molar-refractivity contribution < 1.29 is 23.5 Å². The van der Waals surface area contributed by atoms with Crippen LogP contribution in [0.15, 0.2) is 16.5 Å². The lowest BCUT2D eigenvalue weighted by Crippen LogP contribution is -2.55. The molecule has 1 saturated heterocycles. The van der Waals surface area contributed by atoms with E-state index in [1.54, 1.807) is 19.2 Å². The number of methoxy groups -OCH3 is 1. The van der Waals surface area contributed by atoms with Crippen LogP contribution in [0.25, 0.3) is 11.0 Å². The zero-order valence-electron chi connectivity index (χ0n) is 18.1.